The highest BCUT2D eigenvalue weighted by molar-refractivity contribution is 5.80. The molecule has 25 heavy (non-hydrogen) atoms. The standard InChI is InChI=1S/C20H30N4O/c1-21-19(24-11-9-20(15-24)7-2-3-8-20)23-13-17-6-10-22-18(12-17)25-14-16-4-5-16/h6,10,12,16H,2-5,7-9,11,13-15H2,1H3,(H,21,23). The summed E-state index contributed by atoms with van der Waals surface area (Å²) < 4.78 is 5.79. The number of nitrogens with one attached hydrogen (secondary N) is 1. The fourth-order valence-electron chi connectivity index (χ4n) is 4.29. The van der Waals surface area contributed by atoms with Gasteiger partial charge in [0.2, 0.25) is 5.88 Å². The van der Waals surface area contributed by atoms with Crippen LogP contribution in [-0.2, 0) is 6.54 Å². The van der Waals surface area contributed by atoms with Crippen molar-refractivity contribution >= 4 is 5.96 Å². The molecule has 3 fully saturated rings. The van der Waals surface area contributed by atoms with Gasteiger partial charge in [-0.2, -0.15) is 0 Å². The Labute approximate surface area is 150 Å². The van der Waals surface area contributed by atoms with Crippen molar-refractivity contribution in [1.29, 1.82) is 0 Å². The number of pyridine rings is 1. The van der Waals surface area contributed by atoms with E-state index in [4.69, 9.17) is 4.74 Å². The first-order chi connectivity index (χ1) is 12.3. The van der Waals surface area contributed by atoms with Gasteiger partial charge in [-0.05, 0) is 55.1 Å². The van der Waals surface area contributed by atoms with E-state index in [9.17, 15) is 0 Å². The van der Waals surface area contributed by atoms with Gasteiger partial charge in [0, 0.05) is 38.9 Å². The molecular formula is C20H30N4O. The van der Waals surface area contributed by atoms with Gasteiger partial charge in [0.15, 0.2) is 5.96 Å². The van der Waals surface area contributed by atoms with Crippen molar-refractivity contribution in [1.82, 2.24) is 15.2 Å². The van der Waals surface area contributed by atoms with Crippen molar-refractivity contribution in [3.63, 3.8) is 0 Å². The van der Waals surface area contributed by atoms with Crippen LogP contribution in [0.4, 0.5) is 0 Å². The van der Waals surface area contributed by atoms with E-state index in [-0.39, 0.29) is 0 Å². The number of ether oxygens (including phenoxy) is 1. The second-order valence-corrected chi connectivity index (χ2v) is 8.04. The number of aliphatic imine (C=N–C) groups is 1. The van der Waals surface area contributed by atoms with Crippen molar-refractivity contribution < 1.29 is 4.74 Å². The number of nitrogens with zero attached hydrogens (tertiary/aromatic N) is 3. The lowest BCUT2D eigenvalue weighted by molar-refractivity contribution is 0.288. The summed E-state index contributed by atoms with van der Waals surface area (Å²) in [5.74, 6) is 2.52. The third-order valence-electron chi connectivity index (χ3n) is 6.03. The molecule has 0 radical (unpaired) electrons. The Morgan fingerprint density at radius 2 is 2.20 bits per heavy atom. The summed E-state index contributed by atoms with van der Waals surface area (Å²) >= 11 is 0. The molecule has 0 bridgehead atoms. The fourth-order valence-corrected chi connectivity index (χ4v) is 4.29. The van der Waals surface area contributed by atoms with Crippen molar-refractivity contribution in [3.05, 3.63) is 23.9 Å². The number of guanidine groups is 1. The summed E-state index contributed by atoms with van der Waals surface area (Å²) in [5.41, 5.74) is 1.76. The molecule has 0 aromatic carbocycles. The van der Waals surface area contributed by atoms with Gasteiger partial charge in [0.05, 0.1) is 6.61 Å². The highest BCUT2D eigenvalue weighted by Crippen LogP contribution is 2.45. The molecule has 1 spiro atoms. The molecule has 0 amide bonds. The molecule has 5 heteroatoms. The second kappa shape index (κ2) is 7.22. The van der Waals surface area contributed by atoms with Crippen molar-refractivity contribution in [2.75, 3.05) is 26.7 Å². The van der Waals surface area contributed by atoms with E-state index < -0.39 is 0 Å². The van der Waals surface area contributed by atoms with Crippen LogP contribution in [0, 0.1) is 11.3 Å². The van der Waals surface area contributed by atoms with Gasteiger partial charge in [-0.1, -0.05) is 12.8 Å². The maximum absolute atomic E-state index is 5.79. The molecule has 0 atom stereocenters. The van der Waals surface area contributed by atoms with E-state index in [1.807, 2.05) is 25.4 Å². The molecule has 2 heterocycles. The first-order valence-electron chi connectivity index (χ1n) is 9.80. The van der Waals surface area contributed by atoms with Gasteiger partial charge >= 0.3 is 0 Å². The molecule has 1 aliphatic heterocycles. The molecule has 1 saturated heterocycles. The summed E-state index contributed by atoms with van der Waals surface area (Å²) in [6.45, 7) is 3.87. The molecule has 2 saturated carbocycles. The maximum atomic E-state index is 5.79. The van der Waals surface area contributed by atoms with Gasteiger partial charge in [0.1, 0.15) is 0 Å². The molecule has 1 aromatic rings. The van der Waals surface area contributed by atoms with Crippen LogP contribution in [0.2, 0.25) is 0 Å². The van der Waals surface area contributed by atoms with E-state index in [0.717, 1.165) is 37.5 Å². The molecule has 4 rings (SSSR count). The Balaban J connectivity index is 1.31. The molecular weight excluding hydrogens is 312 g/mol. The van der Waals surface area contributed by atoms with Gasteiger partial charge in [0.25, 0.3) is 0 Å². The lowest BCUT2D eigenvalue weighted by Gasteiger charge is -2.26. The molecule has 5 nitrogen and oxygen atoms in total. The summed E-state index contributed by atoms with van der Waals surface area (Å²) in [7, 11) is 1.89. The molecule has 0 unspecified atom stereocenters. The maximum Gasteiger partial charge on any atom is 0.213 e. The van der Waals surface area contributed by atoms with E-state index in [2.05, 4.69) is 20.2 Å². The number of hydrogen-bond acceptors (Lipinski definition) is 3. The van der Waals surface area contributed by atoms with Crippen molar-refractivity contribution in [2.45, 2.75) is 51.5 Å². The Bertz CT molecular complexity index is 620. The number of hydrogen-bond donors (Lipinski definition) is 1. The molecule has 136 valence electrons. The van der Waals surface area contributed by atoms with Crippen molar-refractivity contribution in [2.24, 2.45) is 16.3 Å². The zero-order valence-electron chi connectivity index (χ0n) is 15.3. The van der Waals surface area contributed by atoms with Gasteiger partial charge in [-0.25, -0.2) is 4.98 Å². The lowest BCUT2D eigenvalue weighted by atomic mass is 9.86. The zero-order valence-corrected chi connectivity index (χ0v) is 15.3. The van der Waals surface area contributed by atoms with E-state index in [1.54, 1.807) is 0 Å². The minimum absolute atomic E-state index is 0.568. The number of likely N-dealkylation sites (tertiary alicyclic amines) is 1. The Kier molecular flexibility index (Phi) is 4.82. The number of aromatic nitrogens is 1. The largest absolute Gasteiger partial charge is 0.477 e. The third-order valence-corrected chi connectivity index (χ3v) is 6.03. The molecule has 1 aromatic heterocycles. The Morgan fingerprint density at radius 3 is 2.96 bits per heavy atom. The third kappa shape index (κ3) is 4.07. The summed E-state index contributed by atoms with van der Waals surface area (Å²) in [4.78, 5) is 11.3. The normalized spacial score (nSPS) is 22.6. The first-order valence-corrected chi connectivity index (χ1v) is 9.80. The highest BCUT2D eigenvalue weighted by Gasteiger charge is 2.41. The quantitative estimate of drug-likeness (QED) is 0.659. The lowest BCUT2D eigenvalue weighted by Crippen LogP contribution is -2.40. The predicted molar refractivity (Wildman–Crippen MR) is 99.7 cm³/mol. The van der Waals surface area contributed by atoms with Crippen LogP contribution in [0.25, 0.3) is 0 Å². The van der Waals surface area contributed by atoms with Gasteiger partial charge in [-0.15, -0.1) is 0 Å². The number of rotatable bonds is 5. The van der Waals surface area contributed by atoms with Crippen molar-refractivity contribution in [3.8, 4) is 5.88 Å². The predicted octanol–water partition coefficient (Wildman–Crippen LogP) is 3.21. The summed E-state index contributed by atoms with van der Waals surface area (Å²) in [5, 5.41) is 3.53. The van der Waals surface area contributed by atoms with Gasteiger partial charge < -0.3 is 15.0 Å². The first kappa shape index (κ1) is 16.7. The Morgan fingerprint density at radius 1 is 1.36 bits per heavy atom. The molecule has 2 aliphatic carbocycles. The average molecular weight is 342 g/mol. The second-order valence-electron chi connectivity index (χ2n) is 8.04. The van der Waals surface area contributed by atoms with Crippen LogP contribution >= 0.6 is 0 Å². The fraction of sp³-hybridized carbons (Fsp3) is 0.700. The van der Waals surface area contributed by atoms with E-state index >= 15 is 0 Å². The Hall–Kier alpha value is -1.78. The van der Waals surface area contributed by atoms with Crippen LogP contribution in [-0.4, -0.2) is 42.6 Å². The summed E-state index contributed by atoms with van der Waals surface area (Å²) in [6, 6.07) is 4.10. The van der Waals surface area contributed by atoms with Crippen LogP contribution in [0.15, 0.2) is 23.3 Å². The summed E-state index contributed by atoms with van der Waals surface area (Å²) in [6.07, 6.45) is 11.4. The highest BCUT2D eigenvalue weighted by atomic mass is 16.5. The zero-order chi connectivity index (χ0) is 17.1. The average Bonchev–Trinajstić information content (AvgIpc) is 3.22. The van der Waals surface area contributed by atoms with E-state index in [1.165, 1.54) is 57.1 Å². The van der Waals surface area contributed by atoms with Crippen LogP contribution in [0.3, 0.4) is 0 Å². The SMILES string of the molecule is CN=C(NCc1ccnc(OCC2CC2)c1)N1CCC2(CCCC2)C1. The minimum atomic E-state index is 0.568. The molecule has 1 N–H and O–H groups in total. The van der Waals surface area contributed by atoms with Crippen LogP contribution < -0.4 is 10.1 Å². The molecule has 3 aliphatic rings. The smallest absolute Gasteiger partial charge is 0.213 e. The monoisotopic (exact) mass is 342 g/mol. The minimum Gasteiger partial charge on any atom is -0.477 e. The van der Waals surface area contributed by atoms with E-state index in [0.29, 0.717) is 5.41 Å². The topological polar surface area (TPSA) is 49.8 Å². The van der Waals surface area contributed by atoms with Crippen LogP contribution in [0.5, 0.6) is 5.88 Å². The van der Waals surface area contributed by atoms with Gasteiger partial charge in [-0.3, -0.25) is 4.99 Å². The van der Waals surface area contributed by atoms with Crippen LogP contribution in [0.1, 0.15) is 50.5 Å².